The number of anilines is 1. The van der Waals surface area contributed by atoms with Gasteiger partial charge >= 0.3 is 0 Å². The van der Waals surface area contributed by atoms with Crippen molar-refractivity contribution in [2.24, 2.45) is 5.73 Å². The molecular weight excluding hydrogens is 394 g/mol. The molecule has 2 aliphatic rings. The highest BCUT2D eigenvalue weighted by atomic mass is 16.7. The van der Waals surface area contributed by atoms with Crippen molar-refractivity contribution < 1.29 is 19.1 Å². The second-order valence-corrected chi connectivity index (χ2v) is 7.90. The molecule has 156 valence electrons. The van der Waals surface area contributed by atoms with Gasteiger partial charge in [0.25, 0.3) is 0 Å². The van der Waals surface area contributed by atoms with Crippen molar-refractivity contribution >= 4 is 17.5 Å². The predicted octanol–water partition coefficient (Wildman–Crippen LogP) is 3.55. The zero-order valence-corrected chi connectivity index (χ0v) is 17.0. The lowest BCUT2D eigenvalue weighted by Gasteiger charge is -2.17. The maximum Gasteiger partial charge on any atom is 0.248 e. The van der Waals surface area contributed by atoms with Crippen molar-refractivity contribution in [3.05, 3.63) is 71.5 Å². The van der Waals surface area contributed by atoms with E-state index < -0.39 is 11.3 Å². The van der Waals surface area contributed by atoms with E-state index in [1.807, 2.05) is 43.3 Å². The lowest BCUT2D eigenvalue weighted by atomic mass is 9.94. The van der Waals surface area contributed by atoms with Crippen molar-refractivity contribution in [3.8, 4) is 22.6 Å². The zero-order valence-electron chi connectivity index (χ0n) is 17.0. The van der Waals surface area contributed by atoms with Crippen LogP contribution in [0.1, 0.15) is 34.5 Å². The van der Waals surface area contributed by atoms with Crippen molar-refractivity contribution in [3.63, 3.8) is 0 Å². The number of hydrogen-bond donors (Lipinski definition) is 2. The largest absolute Gasteiger partial charge is 0.454 e. The minimum Gasteiger partial charge on any atom is -0.454 e. The Labute approximate surface area is 179 Å². The van der Waals surface area contributed by atoms with Crippen LogP contribution in [0.2, 0.25) is 0 Å². The lowest BCUT2D eigenvalue weighted by Crippen LogP contribution is -2.27. The minimum absolute atomic E-state index is 0.0629. The van der Waals surface area contributed by atoms with Crippen LogP contribution in [-0.4, -0.2) is 23.6 Å². The maximum absolute atomic E-state index is 13.2. The number of aromatic nitrogens is 1. The third kappa shape index (κ3) is 3.38. The Hall–Kier alpha value is -3.87. The van der Waals surface area contributed by atoms with Gasteiger partial charge in [0.15, 0.2) is 11.5 Å². The Bertz CT molecular complexity index is 1200. The van der Waals surface area contributed by atoms with Gasteiger partial charge in [-0.25, -0.2) is 0 Å². The summed E-state index contributed by atoms with van der Waals surface area (Å²) in [5.74, 6) is 0.845. The van der Waals surface area contributed by atoms with Gasteiger partial charge in [-0.3, -0.25) is 14.6 Å². The number of ether oxygens (including phenoxy) is 2. The molecular formula is C24H21N3O4. The fourth-order valence-electron chi connectivity index (χ4n) is 3.92. The smallest absolute Gasteiger partial charge is 0.248 e. The first kappa shape index (κ1) is 19.1. The monoisotopic (exact) mass is 415 g/mol. The van der Waals surface area contributed by atoms with Crippen molar-refractivity contribution in [2.75, 3.05) is 12.1 Å². The molecule has 0 unspecified atom stereocenters. The van der Waals surface area contributed by atoms with Crippen LogP contribution in [0.3, 0.4) is 0 Å². The number of hydrogen-bond acceptors (Lipinski definition) is 5. The second-order valence-electron chi connectivity index (χ2n) is 7.90. The van der Waals surface area contributed by atoms with Crippen molar-refractivity contribution in [2.45, 2.75) is 25.2 Å². The summed E-state index contributed by atoms with van der Waals surface area (Å²) < 4.78 is 10.8. The third-order valence-electron chi connectivity index (χ3n) is 5.94. The summed E-state index contributed by atoms with van der Waals surface area (Å²) in [7, 11) is 0. The molecule has 0 atom stereocenters. The van der Waals surface area contributed by atoms with E-state index in [2.05, 4.69) is 10.3 Å². The topological polar surface area (TPSA) is 104 Å². The van der Waals surface area contributed by atoms with Crippen molar-refractivity contribution in [1.29, 1.82) is 0 Å². The number of benzene rings is 2. The van der Waals surface area contributed by atoms with Crippen LogP contribution < -0.4 is 20.5 Å². The molecule has 2 amide bonds. The molecule has 0 spiro atoms. The number of primary amides is 1. The molecule has 7 heteroatoms. The standard InChI is InChI=1S/C24H21N3O4/c1-14-19(15-2-4-16(5-3-15)22(25)28)11-18(12-26-14)27-23(29)24(8-9-24)17-6-7-20-21(10-17)31-13-30-20/h2-7,10-12H,8-9,13H2,1H3,(H2,25,28)(H,27,29). The highest BCUT2D eigenvalue weighted by Crippen LogP contribution is 2.51. The highest BCUT2D eigenvalue weighted by Gasteiger charge is 2.51. The number of pyridine rings is 1. The minimum atomic E-state index is -0.560. The first-order chi connectivity index (χ1) is 15.0. The predicted molar refractivity (Wildman–Crippen MR) is 115 cm³/mol. The Kier molecular flexibility index (Phi) is 4.39. The number of aryl methyl sites for hydroxylation is 1. The van der Waals surface area contributed by atoms with Gasteiger partial charge in [0.05, 0.1) is 17.3 Å². The Morgan fingerprint density at radius 2 is 1.77 bits per heavy atom. The molecule has 1 aliphatic heterocycles. The van der Waals surface area contributed by atoms with Gasteiger partial charge in [-0.15, -0.1) is 0 Å². The van der Waals surface area contributed by atoms with Gasteiger partial charge in [0.2, 0.25) is 18.6 Å². The molecule has 31 heavy (non-hydrogen) atoms. The molecule has 1 saturated carbocycles. The van der Waals surface area contributed by atoms with Gasteiger partial charge in [-0.1, -0.05) is 18.2 Å². The van der Waals surface area contributed by atoms with Crippen LogP contribution in [0.5, 0.6) is 11.5 Å². The lowest BCUT2D eigenvalue weighted by molar-refractivity contribution is -0.118. The van der Waals surface area contributed by atoms with E-state index in [4.69, 9.17) is 15.2 Å². The average molecular weight is 415 g/mol. The number of nitrogens with one attached hydrogen (secondary N) is 1. The first-order valence-electron chi connectivity index (χ1n) is 10.0. The summed E-state index contributed by atoms with van der Waals surface area (Å²) in [6, 6.07) is 14.6. The molecule has 2 heterocycles. The molecule has 1 aliphatic carbocycles. The molecule has 3 aromatic rings. The van der Waals surface area contributed by atoms with Crippen LogP contribution in [0.15, 0.2) is 54.7 Å². The first-order valence-corrected chi connectivity index (χ1v) is 10.0. The fraction of sp³-hybridized carbons (Fsp3) is 0.208. The van der Waals surface area contributed by atoms with Gasteiger partial charge in [-0.2, -0.15) is 0 Å². The number of nitrogens with zero attached hydrogens (tertiary/aromatic N) is 1. The molecule has 1 aromatic heterocycles. The van der Waals surface area contributed by atoms with E-state index in [0.29, 0.717) is 22.7 Å². The Morgan fingerprint density at radius 1 is 1.03 bits per heavy atom. The molecule has 0 saturated heterocycles. The van der Waals surface area contributed by atoms with Crippen molar-refractivity contribution in [1.82, 2.24) is 4.98 Å². The van der Waals surface area contributed by atoms with Gasteiger partial charge in [0.1, 0.15) is 0 Å². The number of rotatable bonds is 5. The number of amides is 2. The number of carbonyl (C=O) groups excluding carboxylic acids is 2. The molecule has 0 radical (unpaired) electrons. The van der Waals surface area contributed by atoms with E-state index >= 15 is 0 Å². The highest BCUT2D eigenvalue weighted by molar-refractivity contribution is 6.02. The van der Waals surface area contributed by atoms with E-state index in [0.717, 1.165) is 35.2 Å². The summed E-state index contributed by atoms with van der Waals surface area (Å²) in [5.41, 5.74) is 9.34. The van der Waals surface area contributed by atoms with Gasteiger partial charge in [-0.05, 0) is 61.2 Å². The van der Waals surface area contributed by atoms with E-state index in [1.165, 1.54) is 0 Å². The summed E-state index contributed by atoms with van der Waals surface area (Å²) >= 11 is 0. The summed E-state index contributed by atoms with van der Waals surface area (Å²) in [5, 5.41) is 3.03. The molecule has 0 bridgehead atoms. The fourth-order valence-corrected chi connectivity index (χ4v) is 3.92. The van der Waals surface area contributed by atoms with Crippen LogP contribution in [-0.2, 0) is 10.2 Å². The molecule has 3 N–H and O–H groups in total. The van der Waals surface area contributed by atoms with E-state index in [-0.39, 0.29) is 12.7 Å². The van der Waals surface area contributed by atoms with E-state index in [9.17, 15) is 9.59 Å². The van der Waals surface area contributed by atoms with E-state index in [1.54, 1.807) is 18.3 Å². The molecule has 2 aromatic carbocycles. The molecule has 7 nitrogen and oxygen atoms in total. The SMILES string of the molecule is Cc1ncc(NC(=O)C2(c3ccc4c(c3)OCO4)CC2)cc1-c1ccc(C(N)=O)cc1. The normalized spacial score (nSPS) is 15.4. The van der Waals surface area contributed by atoms with Gasteiger partial charge in [0, 0.05) is 16.8 Å². The van der Waals surface area contributed by atoms with Crippen LogP contribution in [0, 0.1) is 6.92 Å². The average Bonchev–Trinajstić information content (AvgIpc) is 3.46. The number of carbonyl (C=O) groups is 2. The summed E-state index contributed by atoms with van der Waals surface area (Å²) in [4.78, 5) is 29.0. The quantitative estimate of drug-likeness (QED) is 0.663. The molecule has 1 fully saturated rings. The summed E-state index contributed by atoms with van der Waals surface area (Å²) in [6.07, 6.45) is 3.21. The van der Waals surface area contributed by atoms with Crippen LogP contribution >= 0.6 is 0 Å². The van der Waals surface area contributed by atoms with Gasteiger partial charge < -0.3 is 20.5 Å². The Balaban J connectivity index is 1.39. The third-order valence-corrected chi connectivity index (χ3v) is 5.94. The zero-order chi connectivity index (χ0) is 21.6. The molecule has 5 rings (SSSR count). The van der Waals surface area contributed by atoms with Crippen LogP contribution in [0.4, 0.5) is 5.69 Å². The number of nitrogens with two attached hydrogens (primary N) is 1. The summed E-state index contributed by atoms with van der Waals surface area (Å²) in [6.45, 7) is 2.11. The second kappa shape index (κ2) is 7.12. The maximum atomic E-state index is 13.2. The Morgan fingerprint density at radius 3 is 2.48 bits per heavy atom. The number of fused-ring (bicyclic) bond motifs is 1. The van der Waals surface area contributed by atoms with Crippen LogP contribution in [0.25, 0.3) is 11.1 Å².